The summed E-state index contributed by atoms with van der Waals surface area (Å²) in [6.07, 6.45) is 7.09. The quantitative estimate of drug-likeness (QED) is 0.331. The third-order valence-corrected chi connectivity index (χ3v) is 9.99. The number of fused-ring (bicyclic) bond motifs is 3. The second kappa shape index (κ2) is 6.24. The van der Waals surface area contributed by atoms with Crippen LogP contribution in [0.25, 0.3) is 22.3 Å². The molecule has 3 aromatic rings. The normalized spacial score (nSPS) is 32.5. The minimum absolute atomic E-state index is 0.178. The van der Waals surface area contributed by atoms with Gasteiger partial charge in [0.1, 0.15) is 0 Å². The summed E-state index contributed by atoms with van der Waals surface area (Å²) in [5.74, 6) is 3.46. The molecule has 4 saturated carbocycles. The van der Waals surface area contributed by atoms with Gasteiger partial charge in [-0.15, -0.1) is 0 Å². The van der Waals surface area contributed by atoms with Gasteiger partial charge in [-0.25, -0.2) is 0 Å². The van der Waals surface area contributed by atoms with Crippen LogP contribution < -0.4 is 0 Å². The minimum Gasteiger partial charge on any atom is -0.0831 e. The van der Waals surface area contributed by atoms with Crippen molar-refractivity contribution < 1.29 is 0 Å². The first kappa shape index (κ1) is 18.0. The molecule has 8 rings (SSSR count). The zero-order chi connectivity index (χ0) is 20.0. The SMILES string of the molecule is Clc1cc2c(cc1Br)-c1cc(-c3ccccc3)ccc1C21C2CC3CC(C2)CC1C3. The molecular formula is C28H24BrCl. The molecule has 2 heteroatoms. The highest BCUT2D eigenvalue weighted by atomic mass is 79.9. The molecule has 0 aromatic heterocycles. The summed E-state index contributed by atoms with van der Waals surface area (Å²) >= 11 is 10.4. The fraction of sp³-hybridized carbons (Fsp3) is 0.357. The van der Waals surface area contributed by atoms with E-state index in [4.69, 9.17) is 11.6 Å². The Hall–Kier alpha value is -1.57. The average Bonchev–Trinajstić information content (AvgIpc) is 3.02. The highest BCUT2D eigenvalue weighted by molar-refractivity contribution is 9.10. The summed E-state index contributed by atoms with van der Waals surface area (Å²) in [5, 5.41) is 0.859. The summed E-state index contributed by atoms with van der Waals surface area (Å²) < 4.78 is 1.01. The van der Waals surface area contributed by atoms with Crippen LogP contribution in [0.15, 0.2) is 65.1 Å². The van der Waals surface area contributed by atoms with E-state index in [-0.39, 0.29) is 5.41 Å². The van der Waals surface area contributed by atoms with Crippen molar-refractivity contribution in [3.8, 4) is 22.3 Å². The van der Waals surface area contributed by atoms with Gasteiger partial charge in [-0.3, -0.25) is 0 Å². The molecule has 4 bridgehead atoms. The fourth-order valence-corrected chi connectivity index (χ4v) is 8.51. The van der Waals surface area contributed by atoms with E-state index in [0.29, 0.717) is 0 Å². The molecule has 0 heterocycles. The smallest absolute Gasteiger partial charge is 0.0551 e. The zero-order valence-corrected chi connectivity index (χ0v) is 19.2. The van der Waals surface area contributed by atoms with E-state index >= 15 is 0 Å². The van der Waals surface area contributed by atoms with Crippen molar-refractivity contribution in [2.45, 2.75) is 37.5 Å². The maximum Gasteiger partial charge on any atom is 0.0551 e. The predicted octanol–water partition coefficient (Wildman–Crippen LogP) is 8.49. The maximum absolute atomic E-state index is 6.71. The van der Waals surface area contributed by atoms with Crippen LogP contribution in [0.2, 0.25) is 5.02 Å². The first-order valence-electron chi connectivity index (χ1n) is 11.3. The van der Waals surface area contributed by atoms with Crippen molar-refractivity contribution in [1.82, 2.24) is 0 Å². The molecule has 0 saturated heterocycles. The van der Waals surface area contributed by atoms with E-state index in [0.717, 1.165) is 33.2 Å². The number of benzene rings is 3. The summed E-state index contributed by atoms with van der Waals surface area (Å²) in [5.41, 5.74) is 8.73. The highest BCUT2D eigenvalue weighted by Crippen LogP contribution is 2.69. The molecule has 0 amide bonds. The second-order valence-corrected chi connectivity index (χ2v) is 11.4. The van der Waals surface area contributed by atoms with Crippen LogP contribution in [0.4, 0.5) is 0 Å². The second-order valence-electron chi connectivity index (χ2n) is 10.1. The van der Waals surface area contributed by atoms with Crippen LogP contribution in [0, 0.1) is 23.7 Å². The number of hydrogen-bond acceptors (Lipinski definition) is 0. The van der Waals surface area contributed by atoms with Crippen molar-refractivity contribution >= 4 is 27.5 Å². The van der Waals surface area contributed by atoms with Crippen LogP contribution in [-0.2, 0) is 5.41 Å². The summed E-state index contributed by atoms with van der Waals surface area (Å²) in [6.45, 7) is 0. The van der Waals surface area contributed by atoms with E-state index in [9.17, 15) is 0 Å². The molecule has 150 valence electrons. The van der Waals surface area contributed by atoms with Crippen molar-refractivity contribution in [3.63, 3.8) is 0 Å². The topological polar surface area (TPSA) is 0 Å². The molecule has 0 N–H and O–H groups in total. The number of halogens is 2. The number of rotatable bonds is 1. The average molecular weight is 476 g/mol. The lowest BCUT2D eigenvalue weighted by molar-refractivity contribution is -0.0399. The molecule has 0 atom stereocenters. The molecule has 5 aliphatic rings. The van der Waals surface area contributed by atoms with Gasteiger partial charge in [0.05, 0.1) is 5.02 Å². The summed E-state index contributed by atoms with van der Waals surface area (Å²) in [6, 6.07) is 22.7. The zero-order valence-electron chi connectivity index (χ0n) is 16.9. The number of hydrogen-bond donors (Lipinski definition) is 0. The molecule has 4 fully saturated rings. The summed E-state index contributed by atoms with van der Waals surface area (Å²) in [7, 11) is 0. The van der Waals surface area contributed by atoms with E-state index in [1.165, 1.54) is 59.9 Å². The van der Waals surface area contributed by atoms with E-state index in [1.807, 2.05) is 0 Å². The standard InChI is InChI=1S/C28H24BrCl/c29-26-14-23-22-13-19(18-4-2-1-3-5-18)6-7-24(22)28(25(23)15-27(26)30)20-9-16-8-17(11-20)12-21(28)10-16/h1-7,13-17,20-21H,8-12H2. The highest BCUT2D eigenvalue weighted by Gasteiger charge is 2.61. The van der Waals surface area contributed by atoms with Gasteiger partial charge in [0, 0.05) is 9.89 Å². The van der Waals surface area contributed by atoms with Gasteiger partial charge in [0.25, 0.3) is 0 Å². The molecule has 0 unspecified atom stereocenters. The van der Waals surface area contributed by atoms with Crippen LogP contribution in [0.1, 0.15) is 43.2 Å². The monoisotopic (exact) mass is 474 g/mol. The lowest BCUT2D eigenvalue weighted by Gasteiger charge is -2.61. The predicted molar refractivity (Wildman–Crippen MR) is 128 cm³/mol. The van der Waals surface area contributed by atoms with Gasteiger partial charge in [0.2, 0.25) is 0 Å². The third-order valence-electron chi connectivity index (χ3n) is 8.79. The van der Waals surface area contributed by atoms with Crippen LogP contribution in [-0.4, -0.2) is 0 Å². The van der Waals surface area contributed by atoms with Gasteiger partial charge in [0.15, 0.2) is 0 Å². The molecule has 30 heavy (non-hydrogen) atoms. The maximum atomic E-state index is 6.71. The first-order valence-corrected chi connectivity index (χ1v) is 12.5. The Morgan fingerprint density at radius 2 is 1.37 bits per heavy atom. The molecular weight excluding hydrogens is 452 g/mol. The first-order chi connectivity index (χ1) is 14.6. The molecule has 0 nitrogen and oxygen atoms in total. The Kier molecular flexibility index (Phi) is 3.75. The third kappa shape index (κ3) is 2.24. The Morgan fingerprint density at radius 3 is 2.07 bits per heavy atom. The van der Waals surface area contributed by atoms with Crippen LogP contribution >= 0.6 is 27.5 Å². The Bertz CT molecular complexity index is 1150. The lowest BCUT2D eigenvalue weighted by Crippen LogP contribution is -2.55. The van der Waals surface area contributed by atoms with Crippen molar-refractivity contribution in [2.75, 3.05) is 0 Å². The largest absolute Gasteiger partial charge is 0.0831 e. The van der Waals surface area contributed by atoms with Crippen LogP contribution in [0.5, 0.6) is 0 Å². The molecule has 3 aromatic carbocycles. The van der Waals surface area contributed by atoms with Gasteiger partial charge >= 0.3 is 0 Å². The van der Waals surface area contributed by atoms with Gasteiger partial charge in [-0.1, -0.05) is 54.1 Å². The minimum atomic E-state index is 0.178. The van der Waals surface area contributed by atoms with E-state index in [1.54, 1.807) is 5.56 Å². The Labute approximate surface area is 191 Å². The Morgan fingerprint density at radius 1 is 0.700 bits per heavy atom. The van der Waals surface area contributed by atoms with Gasteiger partial charge < -0.3 is 0 Å². The molecule has 0 radical (unpaired) electrons. The van der Waals surface area contributed by atoms with Crippen molar-refractivity contribution in [3.05, 3.63) is 81.3 Å². The molecule has 1 spiro atoms. The van der Waals surface area contributed by atoms with E-state index in [2.05, 4.69) is 76.6 Å². The summed E-state index contributed by atoms with van der Waals surface area (Å²) in [4.78, 5) is 0. The van der Waals surface area contributed by atoms with Crippen LogP contribution in [0.3, 0.4) is 0 Å². The van der Waals surface area contributed by atoms with E-state index < -0.39 is 0 Å². The van der Waals surface area contributed by atoms with Gasteiger partial charge in [-0.2, -0.15) is 0 Å². The lowest BCUT2D eigenvalue weighted by atomic mass is 9.43. The Balaban J connectivity index is 1.51. The van der Waals surface area contributed by atoms with Crippen molar-refractivity contribution in [1.29, 1.82) is 0 Å². The fourth-order valence-electron chi connectivity index (χ4n) is 8.00. The van der Waals surface area contributed by atoms with Crippen molar-refractivity contribution in [2.24, 2.45) is 23.7 Å². The molecule has 5 aliphatic carbocycles. The molecule has 0 aliphatic heterocycles. The van der Waals surface area contributed by atoms with Gasteiger partial charge in [-0.05, 0) is 123 Å².